The van der Waals surface area contributed by atoms with E-state index in [4.69, 9.17) is 0 Å². The molecule has 0 N–H and O–H groups in total. The lowest BCUT2D eigenvalue weighted by Gasteiger charge is -2.42. The number of benzene rings is 2. The molecule has 1 saturated heterocycles. The van der Waals surface area contributed by atoms with Gasteiger partial charge in [0.2, 0.25) is 0 Å². The fraction of sp³-hybridized carbons (Fsp3) is 0.481. The molecule has 0 aliphatic carbocycles. The third kappa shape index (κ3) is 7.22. The second-order valence-corrected chi connectivity index (χ2v) is 11.9. The molecule has 0 spiro atoms. The molecule has 0 radical (unpaired) electrons. The summed E-state index contributed by atoms with van der Waals surface area (Å²) in [7, 11) is -6.03. The number of alkyl halides is 7. The van der Waals surface area contributed by atoms with Gasteiger partial charge in [-0.15, -0.1) is 0 Å². The SMILES string of the molecule is CC1Cc2cc(OS(=O)(=O)C(F)(F)F)ccc2C(c2c(F)cc(/C=C3/CCN(CCCF)C3)cc2F)N1CC(F)(F)F. The topological polar surface area (TPSA) is 49.9 Å². The molecule has 2 aromatic rings. The number of hydrogen-bond donors (Lipinski definition) is 0. The Labute approximate surface area is 236 Å². The van der Waals surface area contributed by atoms with Crippen LogP contribution >= 0.6 is 0 Å². The van der Waals surface area contributed by atoms with Crippen LogP contribution in [0.4, 0.5) is 39.5 Å². The van der Waals surface area contributed by atoms with Crippen molar-refractivity contribution >= 4 is 16.2 Å². The zero-order valence-electron chi connectivity index (χ0n) is 22.2. The van der Waals surface area contributed by atoms with Crippen LogP contribution in [0.3, 0.4) is 0 Å². The van der Waals surface area contributed by atoms with Crippen molar-refractivity contribution in [2.45, 2.75) is 50.0 Å². The number of likely N-dealkylation sites (tertiary alicyclic amines) is 1. The summed E-state index contributed by atoms with van der Waals surface area (Å²) in [6.07, 6.45) is -2.44. The molecular weight excluding hydrogens is 603 g/mol. The third-order valence-corrected chi connectivity index (χ3v) is 8.18. The zero-order valence-corrected chi connectivity index (χ0v) is 23.0. The summed E-state index contributed by atoms with van der Waals surface area (Å²) in [5.74, 6) is -3.01. The smallest absolute Gasteiger partial charge is 0.376 e. The van der Waals surface area contributed by atoms with Crippen molar-refractivity contribution in [3.8, 4) is 5.75 Å². The maximum atomic E-state index is 15.6. The van der Waals surface area contributed by atoms with Crippen LogP contribution in [0.5, 0.6) is 5.75 Å². The molecular formula is C27H27F9N2O3S. The number of halogens is 9. The average molecular weight is 631 g/mol. The molecule has 15 heteroatoms. The molecule has 0 amide bonds. The number of fused-ring (bicyclic) bond motifs is 1. The van der Waals surface area contributed by atoms with Gasteiger partial charge in [-0.05, 0) is 67.1 Å². The van der Waals surface area contributed by atoms with Gasteiger partial charge in [0.15, 0.2) is 0 Å². The zero-order chi connectivity index (χ0) is 31.0. The molecule has 1 fully saturated rings. The Morgan fingerprint density at radius 3 is 2.31 bits per heavy atom. The van der Waals surface area contributed by atoms with Crippen molar-refractivity contribution in [3.63, 3.8) is 0 Å². The van der Waals surface area contributed by atoms with Crippen molar-refractivity contribution in [3.05, 3.63) is 69.8 Å². The maximum absolute atomic E-state index is 15.6. The lowest BCUT2D eigenvalue weighted by Crippen LogP contribution is -2.47. The van der Waals surface area contributed by atoms with Crippen molar-refractivity contribution in [1.29, 1.82) is 0 Å². The van der Waals surface area contributed by atoms with Crippen LogP contribution in [0.15, 0.2) is 35.9 Å². The summed E-state index contributed by atoms with van der Waals surface area (Å²) in [6.45, 7) is 0.991. The standard InChI is InChI=1S/C27H27F9N2O3S/c1-16-9-19-13-20(41-42(39,40)27(34,35)36)3-4-21(19)25(38(16)15-26(31,32)33)24-22(29)11-18(12-23(24)30)10-17-5-8-37(14-17)7-2-6-28/h3-4,10-13,16,25H,2,5-9,14-15H2,1H3/b17-10-. The molecule has 2 aromatic carbocycles. The van der Waals surface area contributed by atoms with E-state index in [9.17, 15) is 39.2 Å². The maximum Gasteiger partial charge on any atom is 0.534 e. The van der Waals surface area contributed by atoms with Crippen LogP contribution in [0, 0.1) is 11.6 Å². The van der Waals surface area contributed by atoms with Crippen molar-refractivity contribution < 1.29 is 52.1 Å². The Balaban J connectivity index is 1.73. The van der Waals surface area contributed by atoms with E-state index in [1.165, 1.54) is 6.92 Å². The highest BCUT2D eigenvalue weighted by atomic mass is 32.2. The van der Waals surface area contributed by atoms with Gasteiger partial charge in [0.05, 0.1) is 19.3 Å². The van der Waals surface area contributed by atoms with Crippen LogP contribution in [0.25, 0.3) is 6.08 Å². The molecule has 0 saturated carbocycles. The minimum atomic E-state index is -6.03. The largest absolute Gasteiger partial charge is 0.534 e. The minimum Gasteiger partial charge on any atom is -0.376 e. The van der Waals surface area contributed by atoms with Gasteiger partial charge in [-0.3, -0.25) is 14.2 Å². The van der Waals surface area contributed by atoms with Gasteiger partial charge >= 0.3 is 21.8 Å². The molecule has 2 heterocycles. The van der Waals surface area contributed by atoms with Crippen LogP contribution < -0.4 is 4.18 Å². The van der Waals surface area contributed by atoms with Gasteiger partial charge in [0, 0.05) is 31.2 Å². The summed E-state index contributed by atoms with van der Waals surface area (Å²) < 4.78 is 150. The molecule has 2 atom stereocenters. The predicted molar refractivity (Wildman–Crippen MR) is 136 cm³/mol. The van der Waals surface area contributed by atoms with Gasteiger partial charge in [0.1, 0.15) is 17.4 Å². The quantitative estimate of drug-likeness (QED) is 0.189. The van der Waals surface area contributed by atoms with Gasteiger partial charge in [-0.1, -0.05) is 17.7 Å². The molecule has 0 bridgehead atoms. The monoisotopic (exact) mass is 630 g/mol. The fourth-order valence-electron chi connectivity index (χ4n) is 5.42. The van der Waals surface area contributed by atoms with Gasteiger partial charge in [-0.25, -0.2) is 8.78 Å². The molecule has 0 aromatic heterocycles. The highest BCUT2D eigenvalue weighted by Gasteiger charge is 2.49. The first kappa shape index (κ1) is 32.1. The predicted octanol–water partition coefficient (Wildman–Crippen LogP) is 6.54. The van der Waals surface area contributed by atoms with Crippen molar-refractivity contribution in [2.75, 3.05) is 32.9 Å². The normalized spacial score (nSPS) is 21.6. The average Bonchev–Trinajstić information content (AvgIpc) is 3.29. The minimum absolute atomic E-state index is 0.0442. The lowest BCUT2D eigenvalue weighted by molar-refractivity contribution is -0.155. The fourth-order valence-corrected chi connectivity index (χ4v) is 5.87. The van der Waals surface area contributed by atoms with E-state index in [-0.39, 0.29) is 23.1 Å². The van der Waals surface area contributed by atoms with Crippen molar-refractivity contribution in [2.24, 2.45) is 0 Å². The Hall–Kier alpha value is -2.78. The van der Waals surface area contributed by atoms with Crippen LogP contribution in [0.2, 0.25) is 0 Å². The lowest BCUT2D eigenvalue weighted by atomic mass is 9.84. The van der Waals surface area contributed by atoms with Crippen LogP contribution in [-0.4, -0.2) is 68.8 Å². The number of nitrogens with zero attached hydrogens (tertiary/aromatic N) is 2. The Kier molecular flexibility index (Phi) is 9.24. The van der Waals surface area contributed by atoms with Crippen molar-refractivity contribution in [1.82, 2.24) is 9.80 Å². The third-order valence-electron chi connectivity index (χ3n) is 7.20. The first-order chi connectivity index (χ1) is 19.5. The summed E-state index contributed by atoms with van der Waals surface area (Å²) in [4.78, 5) is 2.83. The summed E-state index contributed by atoms with van der Waals surface area (Å²) in [6, 6.07) is 2.06. The second-order valence-electron chi connectivity index (χ2n) is 10.4. The van der Waals surface area contributed by atoms with Crippen LogP contribution in [0.1, 0.15) is 48.1 Å². The van der Waals surface area contributed by atoms with E-state index in [0.717, 1.165) is 40.8 Å². The molecule has 2 unspecified atom stereocenters. The first-order valence-corrected chi connectivity index (χ1v) is 14.3. The van der Waals surface area contributed by atoms with E-state index < -0.39 is 70.1 Å². The summed E-state index contributed by atoms with van der Waals surface area (Å²) in [5, 5.41) is 0. The first-order valence-electron chi connectivity index (χ1n) is 12.9. The van der Waals surface area contributed by atoms with E-state index in [1.54, 1.807) is 6.08 Å². The van der Waals surface area contributed by atoms with Gasteiger partial charge < -0.3 is 4.18 Å². The Bertz CT molecular complexity index is 1420. The molecule has 5 nitrogen and oxygen atoms in total. The molecule has 42 heavy (non-hydrogen) atoms. The Morgan fingerprint density at radius 2 is 1.71 bits per heavy atom. The van der Waals surface area contributed by atoms with E-state index in [1.807, 2.05) is 4.90 Å². The summed E-state index contributed by atoms with van der Waals surface area (Å²) in [5.41, 5.74) is -5.40. The van der Waals surface area contributed by atoms with E-state index in [2.05, 4.69) is 4.18 Å². The molecule has 2 aliphatic heterocycles. The highest BCUT2D eigenvalue weighted by molar-refractivity contribution is 7.88. The van der Waals surface area contributed by atoms with Crippen LogP contribution in [-0.2, 0) is 16.5 Å². The highest BCUT2D eigenvalue weighted by Crippen LogP contribution is 2.43. The summed E-state index contributed by atoms with van der Waals surface area (Å²) >= 11 is 0. The van der Waals surface area contributed by atoms with E-state index in [0.29, 0.717) is 32.5 Å². The number of hydrogen-bond acceptors (Lipinski definition) is 5. The number of rotatable bonds is 8. The second kappa shape index (κ2) is 12.1. The van der Waals surface area contributed by atoms with E-state index >= 15 is 8.78 Å². The molecule has 2 aliphatic rings. The Morgan fingerprint density at radius 1 is 1.05 bits per heavy atom. The molecule has 4 rings (SSSR count). The van der Waals surface area contributed by atoms with Gasteiger partial charge in [-0.2, -0.15) is 34.8 Å². The molecule has 232 valence electrons. The van der Waals surface area contributed by atoms with Gasteiger partial charge in [0.25, 0.3) is 0 Å².